The number of amides is 1. The zero-order valence-electron chi connectivity index (χ0n) is 17.1. The van der Waals surface area contributed by atoms with Gasteiger partial charge in [-0.15, -0.1) is 0 Å². The van der Waals surface area contributed by atoms with Gasteiger partial charge in [-0.2, -0.15) is 5.10 Å². The van der Waals surface area contributed by atoms with Crippen molar-refractivity contribution in [3.63, 3.8) is 0 Å². The molecule has 1 saturated heterocycles. The number of carbonyl (C=O) groups excluding carboxylic acids is 1. The number of benzene rings is 1. The van der Waals surface area contributed by atoms with Crippen LogP contribution in [-0.2, 0) is 13.1 Å². The largest absolute Gasteiger partial charge is 0.366 e. The summed E-state index contributed by atoms with van der Waals surface area (Å²) in [5, 5.41) is 11.4. The first kappa shape index (κ1) is 19.4. The van der Waals surface area contributed by atoms with E-state index in [1.807, 2.05) is 23.7 Å². The summed E-state index contributed by atoms with van der Waals surface area (Å²) in [6, 6.07) is 7.51. The van der Waals surface area contributed by atoms with E-state index < -0.39 is 5.91 Å². The molecule has 0 atom stereocenters. The van der Waals surface area contributed by atoms with Gasteiger partial charge in [-0.1, -0.05) is 0 Å². The van der Waals surface area contributed by atoms with Gasteiger partial charge in [0.2, 0.25) is 11.9 Å². The van der Waals surface area contributed by atoms with Crippen molar-refractivity contribution in [3.05, 3.63) is 35.5 Å². The van der Waals surface area contributed by atoms with E-state index in [1.54, 1.807) is 12.1 Å². The van der Waals surface area contributed by atoms with Crippen molar-refractivity contribution in [2.24, 2.45) is 11.7 Å². The van der Waals surface area contributed by atoms with E-state index in [2.05, 4.69) is 27.2 Å². The molecular formula is C21H29N7O. The van der Waals surface area contributed by atoms with Gasteiger partial charge in [-0.25, -0.2) is 9.67 Å². The molecule has 0 unspecified atom stereocenters. The molecule has 1 aliphatic heterocycles. The number of fused-ring (bicyclic) bond motifs is 1. The zero-order valence-corrected chi connectivity index (χ0v) is 17.1. The first-order valence-electron chi connectivity index (χ1n) is 10.4. The van der Waals surface area contributed by atoms with Gasteiger partial charge in [0.1, 0.15) is 5.82 Å². The highest BCUT2D eigenvalue weighted by atomic mass is 16.1. The first-order chi connectivity index (χ1) is 14.0. The number of aryl methyl sites for hydroxylation is 3. The van der Waals surface area contributed by atoms with Gasteiger partial charge in [-0.3, -0.25) is 4.79 Å². The van der Waals surface area contributed by atoms with Crippen molar-refractivity contribution in [1.29, 1.82) is 0 Å². The van der Waals surface area contributed by atoms with Crippen molar-refractivity contribution in [2.45, 2.75) is 46.2 Å². The molecule has 1 amide bonds. The number of rotatable bonds is 7. The van der Waals surface area contributed by atoms with Crippen LogP contribution in [0.1, 0.15) is 42.2 Å². The van der Waals surface area contributed by atoms with Crippen LogP contribution in [0.5, 0.6) is 0 Å². The van der Waals surface area contributed by atoms with E-state index >= 15 is 0 Å². The Kier molecular flexibility index (Phi) is 5.53. The fourth-order valence-electron chi connectivity index (χ4n) is 4.09. The maximum Gasteiger partial charge on any atom is 0.248 e. The Morgan fingerprint density at radius 3 is 2.83 bits per heavy atom. The lowest BCUT2D eigenvalue weighted by Crippen LogP contribution is -2.28. The van der Waals surface area contributed by atoms with Crippen LogP contribution in [0, 0.1) is 12.8 Å². The number of hydrogen-bond donors (Lipinski definition) is 3. The number of nitrogens with one attached hydrogen (secondary N) is 2. The SMILES string of the molecule is CCn1nc(C)cc1Nc1nc2cc(C(N)=O)ccc2n1CCC1CCNCC1. The Labute approximate surface area is 170 Å². The molecule has 4 rings (SSSR count). The van der Waals surface area contributed by atoms with Gasteiger partial charge in [0.15, 0.2) is 0 Å². The fraction of sp³-hybridized carbons (Fsp3) is 0.476. The molecule has 0 saturated carbocycles. The Hall–Kier alpha value is -2.87. The lowest BCUT2D eigenvalue weighted by atomic mass is 9.95. The van der Waals surface area contributed by atoms with Crippen LogP contribution in [0.2, 0.25) is 0 Å². The van der Waals surface area contributed by atoms with Gasteiger partial charge in [-0.05, 0) is 70.3 Å². The highest BCUT2D eigenvalue weighted by molar-refractivity contribution is 5.96. The van der Waals surface area contributed by atoms with Gasteiger partial charge in [0, 0.05) is 24.7 Å². The molecule has 29 heavy (non-hydrogen) atoms. The quantitative estimate of drug-likeness (QED) is 0.571. The van der Waals surface area contributed by atoms with Crippen molar-refractivity contribution in [3.8, 4) is 0 Å². The van der Waals surface area contributed by atoms with Gasteiger partial charge in [0.25, 0.3) is 0 Å². The minimum Gasteiger partial charge on any atom is -0.366 e. The summed E-state index contributed by atoms with van der Waals surface area (Å²) in [7, 11) is 0. The summed E-state index contributed by atoms with van der Waals surface area (Å²) >= 11 is 0. The van der Waals surface area contributed by atoms with Gasteiger partial charge >= 0.3 is 0 Å². The molecule has 8 heteroatoms. The molecule has 0 spiro atoms. The van der Waals surface area contributed by atoms with E-state index in [9.17, 15) is 4.79 Å². The topological polar surface area (TPSA) is 103 Å². The van der Waals surface area contributed by atoms with E-state index in [4.69, 9.17) is 10.7 Å². The monoisotopic (exact) mass is 395 g/mol. The lowest BCUT2D eigenvalue weighted by Gasteiger charge is -2.23. The molecule has 154 valence electrons. The Balaban J connectivity index is 1.68. The molecule has 8 nitrogen and oxygen atoms in total. The normalized spacial score (nSPS) is 15.1. The zero-order chi connectivity index (χ0) is 20.4. The number of anilines is 2. The van der Waals surface area contributed by atoms with Crippen LogP contribution in [-0.4, -0.2) is 38.3 Å². The standard InChI is InChI=1S/C21H29N7O/c1-3-28-19(12-14(2)26-28)25-21-24-17-13-16(20(22)29)4-5-18(17)27(21)11-8-15-6-9-23-10-7-15/h4-5,12-13,15,23H,3,6-11H2,1-2H3,(H2,22,29)(H,24,25). The fourth-order valence-corrected chi connectivity index (χ4v) is 4.09. The first-order valence-corrected chi connectivity index (χ1v) is 10.4. The van der Waals surface area contributed by atoms with Crippen LogP contribution >= 0.6 is 0 Å². The molecule has 3 aromatic rings. The summed E-state index contributed by atoms with van der Waals surface area (Å²) in [4.78, 5) is 16.4. The van der Waals surface area contributed by atoms with Crippen LogP contribution < -0.4 is 16.4 Å². The molecule has 1 aliphatic rings. The second-order valence-corrected chi connectivity index (χ2v) is 7.75. The van der Waals surface area contributed by atoms with Crippen LogP contribution in [0.3, 0.4) is 0 Å². The maximum atomic E-state index is 11.6. The number of nitrogens with zero attached hydrogens (tertiary/aromatic N) is 4. The Bertz CT molecular complexity index is 1010. The van der Waals surface area contributed by atoms with Crippen molar-refractivity contribution >= 4 is 28.7 Å². The van der Waals surface area contributed by atoms with E-state index in [0.29, 0.717) is 5.56 Å². The average Bonchev–Trinajstić information content (AvgIpc) is 3.25. The number of hydrogen-bond acceptors (Lipinski definition) is 5. The second-order valence-electron chi connectivity index (χ2n) is 7.75. The summed E-state index contributed by atoms with van der Waals surface area (Å²) in [5.41, 5.74) is 8.67. The predicted molar refractivity (Wildman–Crippen MR) is 114 cm³/mol. The number of imidazole rings is 1. The van der Waals surface area contributed by atoms with Crippen LogP contribution in [0.15, 0.2) is 24.3 Å². The smallest absolute Gasteiger partial charge is 0.248 e. The van der Waals surface area contributed by atoms with Crippen molar-refractivity contribution < 1.29 is 4.79 Å². The second kappa shape index (κ2) is 8.24. The molecule has 3 heterocycles. The van der Waals surface area contributed by atoms with Gasteiger partial charge in [0.05, 0.1) is 16.7 Å². The predicted octanol–water partition coefficient (Wildman–Crippen LogP) is 2.79. The highest BCUT2D eigenvalue weighted by Crippen LogP contribution is 2.27. The number of nitrogens with two attached hydrogens (primary N) is 1. The lowest BCUT2D eigenvalue weighted by molar-refractivity contribution is 0.100. The number of primary amides is 1. The van der Waals surface area contributed by atoms with E-state index in [1.165, 1.54) is 12.8 Å². The molecule has 1 aromatic carbocycles. The maximum absolute atomic E-state index is 11.6. The molecule has 0 radical (unpaired) electrons. The third kappa shape index (κ3) is 4.12. The Morgan fingerprint density at radius 1 is 1.31 bits per heavy atom. The van der Waals surface area contributed by atoms with Crippen molar-refractivity contribution in [1.82, 2.24) is 24.6 Å². The van der Waals surface area contributed by atoms with Crippen LogP contribution in [0.4, 0.5) is 11.8 Å². The molecule has 2 aromatic heterocycles. The third-order valence-corrected chi connectivity index (χ3v) is 5.69. The molecule has 4 N–H and O–H groups in total. The number of aromatic nitrogens is 4. The van der Waals surface area contributed by atoms with E-state index in [-0.39, 0.29) is 0 Å². The minimum absolute atomic E-state index is 0.439. The summed E-state index contributed by atoms with van der Waals surface area (Å²) in [5.74, 6) is 1.96. The number of piperidine rings is 1. The minimum atomic E-state index is -0.439. The van der Waals surface area contributed by atoms with Gasteiger partial charge < -0.3 is 20.9 Å². The Morgan fingerprint density at radius 2 is 2.10 bits per heavy atom. The third-order valence-electron chi connectivity index (χ3n) is 5.69. The molecular weight excluding hydrogens is 366 g/mol. The summed E-state index contributed by atoms with van der Waals surface area (Å²) in [6.07, 6.45) is 3.53. The van der Waals surface area contributed by atoms with Crippen molar-refractivity contribution in [2.75, 3.05) is 18.4 Å². The molecule has 1 fully saturated rings. The van der Waals surface area contributed by atoms with E-state index in [0.717, 1.165) is 67.0 Å². The average molecular weight is 396 g/mol. The number of carbonyl (C=O) groups is 1. The van der Waals surface area contributed by atoms with Crippen LogP contribution in [0.25, 0.3) is 11.0 Å². The highest BCUT2D eigenvalue weighted by Gasteiger charge is 2.18. The molecule has 0 aliphatic carbocycles. The summed E-state index contributed by atoms with van der Waals surface area (Å²) < 4.78 is 4.14. The summed E-state index contributed by atoms with van der Waals surface area (Å²) in [6.45, 7) is 7.89. The molecule has 0 bridgehead atoms.